The number of fused-ring (bicyclic) bond motifs is 7. The van der Waals surface area contributed by atoms with Crippen molar-refractivity contribution >= 4 is 43.5 Å². The van der Waals surface area contributed by atoms with E-state index in [1.165, 1.54) is 0 Å². The average Bonchev–Trinajstić information content (AvgIpc) is 3.14. The van der Waals surface area contributed by atoms with Gasteiger partial charge in [0.15, 0.2) is 5.82 Å². The summed E-state index contributed by atoms with van der Waals surface area (Å²) in [6.45, 7) is 0. The van der Waals surface area contributed by atoms with Gasteiger partial charge in [-0.05, 0) is 24.3 Å². The third kappa shape index (κ3) is 4.37. The highest BCUT2D eigenvalue weighted by Crippen LogP contribution is 2.38. The number of para-hydroxylation sites is 1. The zero-order valence-corrected chi connectivity index (χ0v) is 24.7. The first-order valence-electron chi connectivity index (χ1n) is 15.3. The molecular formula is C41H25N5. The molecule has 0 N–H and O–H groups in total. The van der Waals surface area contributed by atoms with E-state index < -0.39 is 0 Å². The van der Waals surface area contributed by atoms with Gasteiger partial charge in [-0.1, -0.05) is 115 Å². The largest absolute Gasteiger partial charge is 0.254 e. The first kappa shape index (κ1) is 26.1. The van der Waals surface area contributed by atoms with E-state index in [4.69, 9.17) is 19.9 Å². The molecule has 0 aliphatic rings. The molecule has 0 radical (unpaired) electrons. The maximum atomic E-state index is 5.22. The number of hydrogen-bond acceptors (Lipinski definition) is 5. The van der Waals surface area contributed by atoms with E-state index in [2.05, 4.69) is 83.8 Å². The maximum Gasteiger partial charge on any atom is 0.160 e. The van der Waals surface area contributed by atoms with Crippen molar-refractivity contribution in [3.05, 3.63) is 152 Å². The molecular weight excluding hydrogens is 562 g/mol. The molecule has 5 heteroatoms. The summed E-state index contributed by atoms with van der Waals surface area (Å²) in [5.74, 6) is 0.688. The Hall–Kier alpha value is -6.33. The van der Waals surface area contributed by atoms with E-state index in [0.29, 0.717) is 5.82 Å². The second-order valence-electron chi connectivity index (χ2n) is 11.3. The number of rotatable bonds is 4. The smallest absolute Gasteiger partial charge is 0.160 e. The summed E-state index contributed by atoms with van der Waals surface area (Å²) in [6.07, 6.45) is 3.79. The highest BCUT2D eigenvalue weighted by Gasteiger charge is 2.17. The predicted octanol–water partition coefficient (Wildman–Crippen LogP) is 9.94. The molecule has 0 saturated carbocycles. The second kappa shape index (κ2) is 10.7. The van der Waals surface area contributed by atoms with Gasteiger partial charge in [-0.15, -0.1) is 0 Å². The van der Waals surface area contributed by atoms with Gasteiger partial charge in [-0.25, -0.2) is 15.0 Å². The normalized spacial score (nSPS) is 11.5. The molecule has 0 saturated heterocycles. The van der Waals surface area contributed by atoms with Crippen LogP contribution in [-0.2, 0) is 0 Å². The monoisotopic (exact) mass is 587 g/mol. The Bertz CT molecular complexity index is 2520. The van der Waals surface area contributed by atoms with Crippen LogP contribution in [0.1, 0.15) is 0 Å². The van der Waals surface area contributed by atoms with Gasteiger partial charge < -0.3 is 0 Å². The summed E-state index contributed by atoms with van der Waals surface area (Å²) in [5, 5.41) is 5.36. The van der Waals surface area contributed by atoms with Crippen molar-refractivity contribution < 1.29 is 0 Å². The second-order valence-corrected chi connectivity index (χ2v) is 11.3. The molecule has 0 spiro atoms. The van der Waals surface area contributed by atoms with E-state index in [-0.39, 0.29) is 0 Å². The van der Waals surface area contributed by atoms with Gasteiger partial charge in [0.2, 0.25) is 0 Å². The van der Waals surface area contributed by atoms with Gasteiger partial charge in [0.1, 0.15) is 0 Å². The third-order valence-corrected chi connectivity index (χ3v) is 8.53. The van der Waals surface area contributed by atoms with Gasteiger partial charge in [-0.3, -0.25) is 9.97 Å². The summed E-state index contributed by atoms with van der Waals surface area (Å²) in [7, 11) is 0. The van der Waals surface area contributed by atoms with E-state index in [1.54, 1.807) is 0 Å². The zero-order valence-electron chi connectivity index (χ0n) is 24.7. The van der Waals surface area contributed by atoms with Crippen molar-refractivity contribution in [2.24, 2.45) is 0 Å². The molecule has 5 nitrogen and oxygen atoms in total. The molecule has 9 aromatic rings. The van der Waals surface area contributed by atoms with Gasteiger partial charge in [0, 0.05) is 61.6 Å². The van der Waals surface area contributed by atoms with Crippen molar-refractivity contribution in [2.75, 3.05) is 0 Å². The van der Waals surface area contributed by atoms with Crippen molar-refractivity contribution in [2.45, 2.75) is 0 Å². The molecule has 4 aromatic heterocycles. The van der Waals surface area contributed by atoms with Gasteiger partial charge >= 0.3 is 0 Å². The Labute approximate surface area is 264 Å². The quantitative estimate of drug-likeness (QED) is 0.192. The molecule has 5 aromatic carbocycles. The molecule has 4 heterocycles. The zero-order chi connectivity index (χ0) is 30.5. The van der Waals surface area contributed by atoms with Crippen molar-refractivity contribution in [1.82, 2.24) is 24.9 Å². The van der Waals surface area contributed by atoms with Crippen LogP contribution >= 0.6 is 0 Å². The average molecular weight is 588 g/mol. The van der Waals surface area contributed by atoms with E-state index in [9.17, 15) is 0 Å². The minimum absolute atomic E-state index is 0.688. The van der Waals surface area contributed by atoms with Crippen LogP contribution in [0.5, 0.6) is 0 Å². The van der Waals surface area contributed by atoms with Crippen molar-refractivity contribution in [1.29, 1.82) is 0 Å². The standard InChI is InChI=1S/C41H25N5/c1-3-11-26(12-4-1)35-24-36(46-41(45-35)28-13-5-2-6-14-28)29-15-9-16-30(23-29)38-33-25-43-40-32(21-20-27-17-10-22-42-39(27)40)37(33)31-18-7-8-19-34(31)44-38/h1-25H. The summed E-state index contributed by atoms with van der Waals surface area (Å²) in [4.78, 5) is 24.9. The lowest BCUT2D eigenvalue weighted by molar-refractivity contribution is 1.18. The van der Waals surface area contributed by atoms with Crippen molar-refractivity contribution in [3.63, 3.8) is 0 Å². The molecule has 214 valence electrons. The first-order chi connectivity index (χ1) is 22.8. The fourth-order valence-corrected chi connectivity index (χ4v) is 6.35. The minimum Gasteiger partial charge on any atom is -0.254 e. The Kier molecular flexibility index (Phi) is 6.06. The van der Waals surface area contributed by atoms with Crippen LogP contribution < -0.4 is 0 Å². The van der Waals surface area contributed by atoms with E-state index >= 15 is 0 Å². The number of benzene rings is 5. The SMILES string of the molecule is c1ccc(-c2cc(-c3cccc(-c4nc5ccccc5c5c4cnc4c5ccc5cccnc54)c3)nc(-c3ccccc3)n2)cc1. The number of hydrogen-bond donors (Lipinski definition) is 0. The molecule has 0 aliphatic heterocycles. The summed E-state index contributed by atoms with van der Waals surface area (Å²) in [6, 6.07) is 47.6. The van der Waals surface area contributed by atoms with Crippen LogP contribution in [0.3, 0.4) is 0 Å². The summed E-state index contributed by atoms with van der Waals surface area (Å²) in [5.41, 5.74) is 9.33. The molecule has 0 atom stereocenters. The summed E-state index contributed by atoms with van der Waals surface area (Å²) >= 11 is 0. The molecule has 0 fully saturated rings. The van der Waals surface area contributed by atoms with Gasteiger partial charge in [0.05, 0.1) is 33.6 Å². The third-order valence-electron chi connectivity index (χ3n) is 8.53. The van der Waals surface area contributed by atoms with E-state index in [1.807, 2.05) is 73.1 Å². The Morgan fingerprint density at radius 3 is 1.98 bits per heavy atom. The molecule has 0 unspecified atom stereocenters. The number of nitrogens with zero attached hydrogens (tertiary/aromatic N) is 5. The van der Waals surface area contributed by atoms with Crippen LogP contribution in [0, 0.1) is 0 Å². The molecule has 46 heavy (non-hydrogen) atoms. The molecule has 0 aliphatic carbocycles. The highest BCUT2D eigenvalue weighted by atomic mass is 14.9. The lowest BCUT2D eigenvalue weighted by Gasteiger charge is -2.14. The van der Waals surface area contributed by atoms with Gasteiger partial charge in [-0.2, -0.15) is 0 Å². The predicted molar refractivity (Wildman–Crippen MR) is 187 cm³/mol. The maximum absolute atomic E-state index is 5.22. The van der Waals surface area contributed by atoms with Crippen LogP contribution in [0.25, 0.3) is 88.6 Å². The van der Waals surface area contributed by atoms with Crippen LogP contribution in [0.2, 0.25) is 0 Å². The van der Waals surface area contributed by atoms with E-state index in [0.717, 1.165) is 82.8 Å². The number of pyridine rings is 3. The highest BCUT2D eigenvalue weighted by molar-refractivity contribution is 6.24. The minimum atomic E-state index is 0.688. The lowest BCUT2D eigenvalue weighted by atomic mass is 9.96. The molecule has 0 bridgehead atoms. The lowest BCUT2D eigenvalue weighted by Crippen LogP contribution is -1.96. The topological polar surface area (TPSA) is 64.5 Å². The Morgan fingerprint density at radius 1 is 0.413 bits per heavy atom. The van der Waals surface area contributed by atoms with Crippen molar-refractivity contribution in [3.8, 4) is 45.2 Å². The van der Waals surface area contributed by atoms with Crippen LogP contribution in [0.4, 0.5) is 0 Å². The fourth-order valence-electron chi connectivity index (χ4n) is 6.35. The fraction of sp³-hybridized carbons (Fsp3) is 0. The molecule has 0 amide bonds. The van der Waals surface area contributed by atoms with Crippen LogP contribution in [-0.4, -0.2) is 24.9 Å². The summed E-state index contributed by atoms with van der Waals surface area (Å²) < 4.78 is 0. The molecule has 9 rings (SSSR count). The number of aromatic nitrogens is 5. The Balaban J connectivity index is 1.27. The first-order valence-corrected chi connectivity index (χ1v) is 15.3. The van der Waals surface area contributed by atoms with Crippen LogP contribution in [0.15, 0.2) is 152 Å². The Morgan fingerprint density at radius 2 is 1.13 bits per heavy atom. The van der Waals surface area contributed by atoms with Gasteiger partial charge in [0.25, 0.3) is 0 Å².